The molecule has 1 aromatic heterocycles. The molecule has 4 rings (SSSR count). The number of ether oxygens (including phenoxy) is 1. The van der Waals surface area contributed by atoms with Crippen molar-refractivity contribution in [3.8, 4) is 5.75 Å². The standard InChI is InChI=1S/C22H22N2O4/c1-14-17-9-8-16(27-2)13-19(17)28-20(14)22(26)24-11-10-23-21(25)18(24)12-15-6-4-3-5-7-15/h3-9,13,18H,10-12H2,1-2H3,(H,23,25). The van der Waals surface area contributed by atoms with Crippen LogP contribution in [0.15, 0.2) is 52.9 Å². The first-order valence-corrected chi connectivity index (χ1v) is 9.28. The third kappa shape index (κ3) is 3.22. The summed E-state index contributed by atoms with van der Waals surface area (Å²) >= 11 is 0. The summed E-state index contributed by atoms with van der Waals surface area (Å²) in [4.78, 5) is 27.5. The minimum atomic E-state index is -0.564. The van der Waals surface area contributed by atoms with Crippen molar-refractivity contribution in [1.82, 2.24) is 10.2 Å². The van der Waals surface area contributed by atoms with E-state index in [2.05, 4.69) is 5.32 Å². The van der Waals surface area contributed by atoms with Crippen molar-refractivity contribution >= 4 is 22.8 Å². The van der Waals surface area contributed by atoms with Crippen LogP contribution < -0.4 is 10.1 Å². The van der Waals surface area contributed by atoms with E-state index >= 15 is 0 Å². The molecule has 1 atom stereocenters. The van der Waals surface area contributed by atoms with Crippen molar-refractivity contribution in [1.29, 1.82) is 0 Å². The van der Waals surface area contributed by atoms with E-state index in [1.807, 2.05) is 49.4 Å². The van der Waals surface area contributed by atoms with Gasteiger partial charge in [0.1, 0.15) is 17.4 Å². The fraction of sp³-hybridized carbons (Fsp3) is 0.273. The van der Waals surface area contributed by atoms with Crippen molar-refractivity contribution in [2.75, 3.05) is 20.2 Å². The molecule has 1 aliphatic rings. The maximum atomic E-state index is 13.3. The molecule has 2 aromatic carbocycles. The molecule has 2 amide bonds. The molecule has 0 spiro atoms. The lowest BCUT2D eigenvalue weighted by Crippen LogP contribution is -2.58. The number of carbonyl (C=O) groups is 2. The fourth-order valence-electron chi connectivity index (χ4n) is 3.67. The SMILES string of the molecule is COc1ccc2c(C)c(C(=O)N3CCNC(=O)C3Cc3ccccc3)oc2c1. The van der Waals surface area contributed by atoms with E-state index in [1.165, 1.54) is 0 Å². The van der Waals surface area contributed by atoms with Crippen LogP contribution in [0, 0.1) is 6.92 Å². The number of piperazine rings is 1. The highest BCUT2D eigenvalue weighted by Gasteiger charge is 2.35. The molecule has 1 N–H and O–H groups in total. The van der Waals surface area contributed by atoms with Crippen molar-refractivity contribution < 1.29 is 18.7 Å². The predicted octanol–water partition coefficient (Wildman–Crippen LogP) is 2.93. The van der Waals surface area contributed by atoms with Crippen LogP contribution in [0.25, 0.3) is 11.0 Å². The second-order valence-corrected chi connectivity index (χ2v) is 6.91. The van der Waals surface area contributed by atoms with Crippen LogP contribution in [0.2, 0.25) is 0 Å². The quantitative estimate of drug-likeness (QED) is 0.758. The Labute approximate surface area is 163 Å². The van der Waals surface area contributed by atoms with Crippen molar-refractivity contribution in [2.24, 2.45) is 0 Å². The van der Waals surface area contributed by atoms with Crippen LogP contribution in [0.4, 0.5) is 0 Å². The van der Waals surface area contributed by atoms with Crippen LogP contribution in [0.3, 0.4) is 0 Å². The van der Waals surface area contributed by atoms with Gasteiger partial charge in [0.05, 0.1) is 7.11 Å². The van der Waals surface area contributed by atoms with Gasteiger partial charge in [-0.3, -0.25) is 9.59 Å². The van der Waals surface area contributed by atoms with Gasteiger partial charge in [0, 0.05) is 36.5 Å². The average molecular weight is 378 g/mol. The van der Waals surface area contributed by atoms with Gasteiger partial charge in [-0.15, -0.1) is 0 Å². The van der Waals surface area contributed by atoms with Crippen LogP contribution in [0.1, 0.15) is 21.7 Å². The predicted molar refractivity (Wildman–Crippen MR) is 105 cm³/mol. The van der Waals surface area contributed by atoms with E-state index in [4.69, 9.17) is 9.15 Å². The minimum Gasteiger partial charge on any atom is -0.497 e. The molecular weight excluding hydrogens is 356 g/mol. The normalized spacial score (nSPS) is 16.9. The van der Waals surface area contributed by atoms with Gasteiger partial charge in [-0.05, 0) is 24.6 Å². The lowest BCUT2D eigenvalue weighted by atomic mass is 10.0. The molecule has 6 nitrogen and oxygen atoms in total. The zero-order valence-electron chi connectivity index (χ0n) is 15.9. The van der Waals surface area contributed by atoms with Gasteiger partial charge in [-0.2, -0.15) is 0 Å². The number of rotatable bonds is 4. The molecule has 28 heavy (non-hydrogen) atoms. The summed E-state index contributed by atoms with van der Waals surface area (Å²) in [6.45, 7) is 2.74. The molecular formula is C22H22N2O4. The van der Waals surface area contributed by atoms with Gasteiger partial charge < -0.3 is 19.4 Å². The van der Waals surface area contributed by atoms with Crippen LogP contribution in [-0.2, 0) is 11.2 Å². The Morgan fingerprint density at radius 2 is 2.04 bits per heavy atom. The first kappa shape index (κ1) is 18.1. The number of aryl methyl sites for hydroxylation is 1. The monoisotopic (exact) mass is 378 g/mol. The number of methoxy groups -OCH3 is 1. The summed E-state index contributed by atoms with van der Waals surface area (Å²) in [5, 5.41) is 3.73. The number of fused-ring (bicyclic) bond motifs is 1. The average Bonchev–Trinajstić information content (AvgIpc) is 3.05. The zero-order valence-corrected chi connectivity index (χ0v) is 15.9. The van der Waals surface area contributed by atoms with Gasteiger partial charge in [-0.25, -0.2) is 0 Å². The van der Waals surface area contributed by atoms with Gasteiger partial charge in [0.15, 0.2) is 5.76 Å². The third-order valence-corrected chi connectivity index (χ3v) is 5.20. The molecule has 0 radical (unpaired) electrons. The molecule has 0 aliphatic carbocycles. The Bertz CT molecular complexity index is 1030. The Morgan fingerprint density at radius 1 is 1.25 bits per heavy atom. The van der Waals surface area contributed by atoms with Crippen molar-refractivity contribution in [3.05, 3.63) is 65.4 Å². The molecule has 1 aliphatic heterocycles. The summed E-state index contributed by atoms with van der Waals surface area (Å²) in [5.41, 5.74) is 2.38. The molecule has 2 heterocycles. The van der Waals surface area contributed by atoms with Gasteiger partial charge >= 0.3 is 0 Å². The van der Waals surface area contributed by atoms with E-state index in [9.17, 15) is 9.59 Å². The highest BCUT2D eigenvalue weighted by molar-refractivity contribution is 6.01. The number of benzene rings is 2. The number of furan rings is 1. The number of amides is 2. The number of nitrogens with zero attached hydrogens (tertiary/aromatic N) is 1. The largest absolute Gasteiger partial charge is 0.497 e. The maximum absolute atomic E-state index is 13.3. The number of hydrogen-bond acceptors (Lipinski definition) is 4. The van der Waals surface area contributed by atoms with Gasteiger partial charge in [0.2, 0.25) is 5.91 Å². The number of carbonyl (C=O) groups excluding carboxylic acids is 2. The van der Waals surface area contributed by atoms with Crippen molar-refractivity contribution in [3.63, 3.8) is 0 Å². The first-order valence-electron chi connectivity index (χ1n) is 9.28. The van der Waals surface area contributed by atoms with Crippen LogP contribution >= 0.6 is 0 Å². The minimum absolute atomic E-state index is 0.140. The summed E-state index contributed by atoms with van der Waals surface area (Å²) in [7, 11) is 1.59. The molecule has 6 heteroatoms. The second kappa shape index (κ2) is 7.38. The second-order valence-electron chi connectivity index (χ2n) is 6.91. The third-order valence-electron chi connectivity index (χ3n) is 5.20. The van der Waals surface area contributed by atoms with E-state index in [0.717, 1.165) is 16.5 Å². The number of nitrogens with one attached hydrogen (secondary N) is 1. The van der Waals surface area contributed by atoms with E-state index in [1.54, 1.807) is 18.1 Å². The van der Waals surface area contributed by atoms with Crippen LogP contribution in [0.5, 0.6) is 5.75 Å². The Morgan fingerprint density at radius 3 is 2.79 bits per heavy atom. The Hall–Kier alpha value is -3.28. The van der Waals surface area contributed by atoms with E-state index < -0.39 is 6.04 Å². The van der Waals surface area contributed by atoms with Gasteiger partial charge in [0.25, 0.3) is 5.91 Å². The highest BCUT2D eigenvalue weighted by atomic mass is 16.5. The topological polar surface area (TPSA) is 71.8 Å². The smallest absolute Gasteiger partial charge is 0.290 e. The zero-order chi connectivity index (χ0) is 19.7. The van der Waals surface area contributed by atoms with E-state index in [-0.39, 0.29) is 17.6 Å². The summed E-state index contributed by atoms with van der Waals surface area (Å²) < 4.78 is 11.1. The number of hydrogen-bond donors (Lipinski definition) is 1. The van der Waals surface area contributed by atoms with E-state index in [0.29, 0.717) is 30.8 Å². The molecule has 0 bridgehead atoms. The summed E-state index contributed by atoms with van der Waals surface area (Å²) in [6.07, 6.45) is 0.464. The van der Waals surface area contributed by atoms with Crippen LogP contribution in [-0.4, -0.2) is 43.0 Å². The molecule has 1 saturated heterocycles. The lowest BCUT2D eigenvalue weighted by Gasteiger charge is -2.34. The first-order chi connectivity index (χ1) is 13.6. The van der Waals surface area contributed by atoms with Gasteiger partial charge in [-0.1, -0.05) is 30.3 Å². The molecule has 1 fully saturated rings. The fourth-order valence-corrected chi connectivity index (χ4v) is 3.67. The Kier molecular flexibility index (Phi) is 4.77. The summed E-state index contributed by atoms with van der Waals surface area (Å²) in [6, 6.07) is 14.6. The summed E-state index contributed by atoms with van der Waals surface area (Å²) in [5.74, 6) is 0.540. The Balaban J connectivity index is 1.67. The highest BCUT2D eigenvalue weighted by Crippen LogP contribution is 2.30. The molecule has 3 aromatic rings. The molecule has 1 unspecified atom stereocenters. The molecule has 0 saturated carbocycles. The van der Waals surface area contributed by atoms with Crippen molar-refractivity contribution in [2.45, 2.75) is 19.4 Å². The lowest BCUT2D eigenvalue weighted by molar-refractivity contribution is -0.127. The maximum Gasteiger partial charge on any atom is 0.290 e. The molecule has 144 valence electrons.